The number of benzene rings is 1. The van der Waals surface area contributed by atoms with Crippen LogP contribution in [-0.2, 0) is 6.42 Å². The van der Waals surface area contributed by atoms with Crippen molar-refractivity contribution in [1.82, 2.24) is 0 Å². The molecule has 3 rings (SSSR count). The van der Waals surface area contributed by atoms with E-state index in [0.29, 0.717) is 23.5 Å². The van der Waals surface area contributed by atoms with Gasteiger partial charge in [0.25, 0.3) is 0 Å². The smallest absolute Gasteiger partial charge is 0.231 e. The standard InChI is InChI=1S/C10H7NO4/c12-10-6-3-9-8(14-4-15-9)2-5(6)1-7(10)11-13/h2-3,13H,1,4H2/b11-7+. The molecule has 0 radical (unpaired) electrons. The Morgan fingerprint density at radius 1 is 1.27 bits per heavy atom. The highest BCUT2D eigenvalue weighted by atomic mass is 16.7. The molecule has 0 aromatic heterocycles. The van der Waals surface area contributed by atoms with Crippen LogP contribution < -0.4 is 9.47 Å². The van der Waals surface area contributed by atoms with Crippen molar-refractivity contribution in [3.05, 3.63) is 23.3 Å². The van der Waals surface area contributed by atoms with Gasteiger partial charge in [-0.25, -0.2) is 0 Å². The lowest BCUT2D eigenvalue weighted by Crippen LogP contribution is -2.06. The zero-order valence-corrected chi connectivity index (χ0v) is 7.69. The first-order valence-corrected chi connectivity index (χ1v) is 4.48. The maximum Gasteiger partial charge on any atom is 0.231 e. The number of rotatable bonds is 0. The molecule has 5 heteroatoms. The molecule has 1 aromatic rings. The van der Waals surface area contributed by atoms with Crippen molar-refractivity contribution in [3.8, 4) is 11.5 Å². The van der Waals surface area contributed by atoms with Crippen molar-refractivity contribution in [1.29, 1.82) is 0 Å². The minimum atomic E-state index is -0.245. The van der Waals surface area contributed by atoms with Gasteiger partial charge in [-0.3, -0.25) is 4.79 Å². The molecule has 0 saturated heterocycles. The highest BCUT2D eigenvalue weighted by Crippen LogP contribution is 2.37. The number of carbonyl (C=O) groups excluding carboxylic acids is 1. The number of oxime groups is 1. The minimum absolute atomic E-state index is 0.161. The Labute approximate surface area is 84.9 Å². The fraction of sp³-hybridized carbons (Fsp3) is 0.200. The highest BCUT2D eigenvalue weighted by molar-refractivity contribution is 6.49. The van der Waals surface area contributed by atoms with Crippen LogP contribution in [0.5, 0.6) is 11.5 Å². The van der Waals surface area contributed by atoms with Gasteiger partial charge < -0.3 is 14.7 Å². The second kappa shape index (κ2) is 2.73. The molecule has 15 heavy (non-hydrogen) atoms. The van der Waals surface area contributed by atoms with E-state index in [9.17, 15) is 4.79 Å². The third-order valence-electron chi connectivity index (χ3n) is 2.58. The summed E-state index contributed by atoms with van der Waals surface area (Å²) < 4.78 is 10.4. The van der Waals surface area contributed by atoms with Crippen molar-refractivity contribution in [2.75, 3.05) is 6.79 Å². The van der Waals surface area contributed by atoms with Crippen molar-refractivity contribution in [2.24, 2.45) is 5.16 Å². The van der Waals surface area contributed by atoms with E-state index in [0.717, 1.165) is 5.56 Å². The number of ketones is 1. The second-order valence-corrected chi connectivity index (χ2v) is 3.42. The van der Waals surface area contributed by atoms with E-state index < -0.39 is 0 Å². The molecule has 0 bridgehead atoms. The number of ether oxygens (including phenoxy) is 2. The van der Waals surface area contributed by atoms with Crippen molar-refractivity contribution in [3.63, 3.8) is 0 Å². The lowest BCUT2D eigenvalue weighted by Gasteiger charge is -1.99. The van der Waals surface area contributed by atoms with E-state index >= 15 is 0 Å². The Bertz CT molecular complexity index is 492. The quantitative estimate of drug-likeness (QED) is 0.506. The maximum atomic E-state index is 11.6. The van der Waals surface area contributed by atoms with E-state index in [2.05, 4.69) is 5.16 Å². The SMILES string of the molecule is O=C1/C(=N/O)Cc2cc3c(cc21)OCO3. The predicted octanol–water partition coefficient (Wildman–Crippen LogP) is 0.984. The van der Waals surface area contributed by atoms with Crippen LogP contribution in [0.15, 0.2) is 17.3 Å². The minimum Gasteiger partial charge on any atom is -0.454 e. The zero-order chi connectivity index (χ0) is 10.4. The van der Waals surface area contributed by atoms with Crippen LogP contribution in [0.4, 0.5) is 0 Å². The topological polar surface area (TPSA) is 68.1 Å². The van der Waals surface area contributed by atoms with Crippen molar-refractivity contribution in [2.45, 2.75) is 6.42 Å². The van der Waals surface area contributed by atoms with Gasteiger partial charge in [0.05, 0.1) is 0 Å². The monoisotopic (exact) mass is 205 g/mol. The Morgan fingerprint density at radius 2 is 2.00 bits per heavy atom. The zero-order valence-electron chi connectivity index (χ0n) is 7.69. The predicted molar refractivity (Wildman–Crippen MR) is 49.8 cm³/mol. The molecule has 0 fully saturated rings. The van der Waals surface area contributed by atoms with Gasteiger partial charge >= 0.3 is 0 Å². The lowest BCUT2D eigenvalue weighted by molar-refractivity contribution is 0.106. The van der Waals surface area contributed by atoms with Crippen LogP contribution in [0.25, 0.3) is 0 Å². The summed E-state index contributed by atoms with van der Waals surface area (Å²) in [4.78, 5) is 11.6. The van der Waals surface area contributed by atoms with Gasteiger partial charge in [0.15, 0.2) is 11.5 Å². The fourth-order valence-corrected chi connectivity index (χ4v) is 1.84. The molecule has 0 atom stereocenters. The number of nitrogens with zero attached hydrogens (tertiary/aromatic N) is 1. The molecule has 1 aromatic carbocycles. The maximum absolute atomic E-state index is 11.6. The van der Waals surface area contributed by atoms with Gasteiger partial charge in [0.1, 0.15) is 5.71 Å². The molecule has 1 aliphatic heterocycles. The molecule has 1 N–H and O–H groups in total. The van der Waals surface area contributed by atoms with Crippen molar-refractivity contribution >= 4 is 11.5 Å². The highest BCUT2D eigenvalue weighted by Gasteiger charge is 2.30. The van der Waals surface area contributed by atoms with E-state index in [1.807, 2.05) is 0 Å². The summed E-state index contributed by atoms with van der Waals surface area (Å²) in [5, 5.41) is 11.6. The van der Waals surface area contributed by atoms with Crippen LogP contribution in [-0.4, -0.2) is 23.5 Å². The number of hydrogen-bond donors (Lipinski definition) is 1. The molecule has 76 valence electrons. The van der Waals surface area contributed by atoms with Gasteiger partial charge in [0, 0.05) is 12.0 Å². The molecular weight excluding hydrogens is 198 g/mol. The molecule has 0 unspecified atom stereocenters. The molecule has 0 spiro atoms. The van der Waals surface area contributed by atoms with Gasteiger partial charge in [-0.15, -0.1) is 0 Å². The van der Waals surface area contributed by atoms with Crippen LogP contribution in [0, 0.1) is 0 Å². The number of hydrogen-bond acceptors (Lipinski definition) is 5. The summed E-state index contributed by atoms with van der Waals surface area (Å²) in [5.41, 5.74) is 1.51. The summed E-state index contributed by atoms with van der Waals surface area (Å²) in [6.45, 7) is 0.188. The first-order chi connectivity index (χ1) is 7.29. The Balaban J connectivity index is 2.17. The molecule has 1 aliphatic carbocycles. The lowest BCUT2D eigenvalue weighted by atomic mass is 10.1. The molecule has 1 heterocycles. The van der Waals surface area contributed by atoms with E-state index in [1.165, 1.54) is 0 Å². The Hall–Kier alpha value is -2.04. The van der Waals surface area contributed by atoms with Crippen LogP contribution in [0.1, 0.15) is 15.9 Å². The molecular formula is C10H7NO4. The van der Waals surface area contributed by atoms with Gasteiger partial charge in [-0.1, -0.05) is 5.16 Å². The summed E-state index contributed by atoms with van der Waals surface area (Å²) in [5.74, 6) is 0.966. The van der Waals surface area contributed by atoms with E-state index in [1.54, 1.807) is 12.1 Å². The van der Waals surface area contributed by atoms with E-state index in [-0.39, 0.29) is 18.3 Å². The van der Waals surface area contributed by atoms with Gasteiger partial charge in [0.2, 0.25) is 12.6 Å². The van der Waals surface area contributed by atoms with Crippen LogP contribution in [0.3, 0.4) is 0 Å². The third-order valence-corrected chi connectivity index (χ3v) is 2.58. The summed E-state index contributed by atoms with van der Waals surface area (Å²) in [6.07, 6.45) is 0.349. The third kappa shape index (κ3) is 1.03. The average Bonchev–Trinajstić information content (AvgIpc) is 2.80. The summed E-state index contributed by atoms with van der Waals surface area (Å²) >= 11 is 0. The number of Topliss-reactive ketones (excluding diaryl/α,β-unsaturated/α-hetero) is 1. The molecule has 5 nitrogen and oxygen atoms in total. The van der Waals surface area contributed by atoms with Gasteiger partial charge in [-0.05, 0) is 17.7 Å². The van der Waals surface area contributed by atoms with Gasteiger partial charge in [-0.2, -0.15) is 0 Å². The first kappa shape index (κ1) is 8.28. The fourth-order valence-electron chi connectivity index (χ4n) is 1.84. The normalized spacial score (nSPS) is 19.7. The Kier molecular flexibility index (Phi) is 1.50. The first-order valence-electron chi connectivity index (χ1n) is 4.48. The summed E-state index contributed by atoms with van der Waals surface area (Å²) in [6, 6.07) is 3.39. The molecule has 0 amide bonds. The average molecular weight is 205 g/mol. The van der Waals surface area contributed by atoms with Crippen molar-refractivity contribution < 1.29 is 19.5 Å². The number of fused-ring (bicyclic) bond motifs is 2. The Morgan fingerprint density at radius 3 is 2.73 bits per heavy atom. The van der Waals surface area contributed by atoms with Crippen LogP contribution in [0.2, 0.25) is 0 Å². The van der Waals surface area contributed by atoms with E-state index in [4.69, 9.17) is 14.7 Å². The summed E-state index contributed by atoms with van der Waals surface area (Å²) in [7, 11) is 0. The largest absolute Gasteiger partial charge is 0.454 e. The second-order valence-electron chi connectivity index (χ2n) is 3.42. The number of carbonyl (C=O) groups is 1. The molecule has 0 saturated carbocycles. The van der Waals surface area contributed by atoms with Crippen LogP contribution >= 0.6 is 0 Å². The molecule has 2 aliphatic rings.